The number of likely N-dealkylation sites (tertiary alicyclic amines) is 1. The van der Waals surface area contributed by atoms with Gasteiger partial charge in [-0.25, -0.2) is 9.50 Å². The Kier molecular flexibility index (Phi) is 5.40. The lowest BCUT2D eigenvalue weighted by molar-refractivity contribution is -0.142. The predicted octanol–water partition coefficient (Wildman–Crippen LogP) is 5.63. The Morgan fingerprint density at radius 3 is 2.67 bits per heavy atom. The van der Waals surface area contributed by atoms with Gasteiger partial charge < -0.3 is 0 Å². The van der Waals surface area contributed by atoms with Crippen LogP contribution in [0, 0.1) is 0 Å². The summed E-state index contributed by atoms with van der Waals surface area (Å²) in [5.74, 6) is -0.297. The van der Waals surface area contributed by atoms with Crippen molar-refractivity contribution in [3.63, 3.8) is 0 Å². The van der Waals surface area contributed by atoms with Gasteiger partial charge in [0.25, 0.3) is 0 Å². The first-order valence-corrected chi connectivity index (χ1v) is 11.0. The van der Waals surface area contributed by atoms with E-state index in [4.69, 9.17) is 0 Å². The van der Waals surface area contributed by atoms with Crippen LogP contribution in [-0.2, 0) is 6.18 Å². The monoisotopic (exact) mass is 452 g/mol. The van der Waals surface area contributed by atoms with Crippen molar-refractivity contribution < 1.29 is 18.0 Å². The molecule has 1 aliphatic heterocycles. The second-order valence-corrected chi connectivity index (χ2v) is 8.59. The number of carbonyl (C=O) groups is 1. The van der Waals surface area contributed by atoms with Gasteiger partial charge in [0.1, 0.15) is 5.69 Å². The van der Waals surface area contributed by atoms with Crippen molar-refractivity contribution >= 4 is 22.2 Å². The lowest BCUT2D eigenvalue weighted by Gasteiger charge is -2.32. The van der Waals surface area contributed by atoms with E-state index in [0.717, 1.165) is 47.2 Å². The molecule has 1 unspecified atom stereocenters. The molecule has 1 aliphatic rings. The maximum atomic E-state index is 14.0. The summed E-state index contributed by atoms with van der Waals surface area (Å²) < 4.78 is 42.7. The Labute approximate surface area is 188 Å². The highest BCUT2D eigenvalue weighted by Crippen LogP contribution is 2.34. The molecule has 170 valence electrons. The molecule has 8 heteroatoms. The van der Waals surface area contributed by atoms with Crippen molar-refractivity contribution in [3.8, 4) is 11.3 Å². The van der Waals surface area contributed by atoms with E-state index in [0.29, 0.717) is 5.56 Å². The van der Waals surface area contributed by atoms with Crippen LogP contribution in [0.15, 0.2) is 54.6 Å². The van der Waals surface area contributed by atoms with Gasteiger partial charge in [0, 0.05) is 17.7 Å². The molecule has 0 spiro atoms. The second kappa shape index (κ2) is 8.26. The lowest BCUT2D eigenvalue weighted by Crippen LogP contribution is -2.40. The highest BCUT2D eigenvalue weighted by Gasteiger charge is 2.36. The molecule has 5 rings (SSSR count). The minimum Gasteiger partial charge on any atom is -0.293 e. The number of nitrogens with zero attached hydrogens (tertiary/aromatic N) is 4. The van der Waals surface area contributed by atoms with E-state index in [1.165, 1.54) is 6.07 Å². The molecular formula is C25H23F3N4O. The molecule has 2 aromatic heterocycles. The first kappa shape index (κ1) is 21.6. The summed E-state index contributed by atoms with van der Waals surface area (Å²) in [7, 11) is 0. The first-order valence-electron chi connectivity index (χ1n) is 11.0. The normalized spacial score (nSPS) is 17.6. The number of fused-ring (bicyclic) bond motifs is 2. The van der Waals surface area contributed by atoms with E-state index in [1.807, 2.05) is 30.3 Å². The molecule has 2 aromatic carbocycles. The minimum atomic E-state index is -4.66. The fourth-order valence-electron chi connectivity index (χ4n) is 4.56. The van der Waals surface area contributed by atoms with Gasteiger partial charge in [0.2, 0.25) is 0 Å². The maximum Gasteiger partial charge on any atom is 0.433 e. The zero-order valence-electron chi connectivity index (χ0n) is 18.1. The fourth-order valence-corrected chi connectivity index (χ4v) is 4.56. The Balaban J connectivity index is 1.60. The Morgan fingerprint density at radius 1 is 1.09 bits per heavy atom. The van der Waals surface area contributed by atoms with Gasteiger partial charge in [0.15, 0.2) is 17.1 Å². The lowest BCUT2D eigenvalue weighted by atomic mass is 10.0. The average molecular weight is 452 g/mol. The highest BCUT2D eigenvalue weighted by atomic mass is 19.4. The molecule has 1 fully saturated rings. The summed E-state index contributed by atoms with van der Waals surface area (Å²) in [5.41, 5.74) is -0.169. The van der Waals surface area contributed by atoms with Gasteiger partial charge in [-0.05, 0) is 43.1 Å². The third-order valence-corrected chi connectivity index (χ3v) is 6.36. The number of alkyl halides is 3. The number of piperidine rings is 1. The molecule has 0 aliphatic carbocycles. The van der Waals surface area contributed by atoms with Gasteiger partial charge in [-0.2, -0.15) is 18.3 Å². The number of rotatable bonds is 4. The third kappa shape index (κ3) is 4.11. The van der Waals surface area contributed by atoms with Crippen LogP contribution in [0.4, 0.5) is 13.2 Å². The van der Waals surface area contributed by atoms with Gasteiger partial charge in [-0.1, -0.05) is 48.9 Å². The molecule has 4 aromatic rings. The molecule has 3 heterocycles. The SMILES string of the molecule is CC1CCCCN1CC(=O)c1cc2nc(-c3cccc4ccccc34)cc(C(F)(F)F)n2n1. The summed E-state index contributed by atoms with van der Waals surface area (Å²) in [6, 6.07) is 15.6. The number of benzene rings is 2. The molecule has 5 nitrogen and oxygen atoms in total. The van der Waals surface area contributed by atoms with E-state index in [-0.39, 0.29) is 35.4 Å². The topological polar surface area (TPSA) is 50.5 Å². The van der Waals surface area contributed by atoms with Crippen LogP contribution in [0.3, 0.4) is 0 Å². The van der Waals surface area contributed by atoms with Crippen LogP contribution in [-0.4, -0.2) is 44.4 Å². The van der Waals surface area contributed by atoms with Crippen LogP contribution in [0.2, 0.25) is 0 Å². The molecular weight excluding hydrogens is 429 g/mol. The molecule has 0 bridgehead atoms. The molecule has 0 saturated carbocycles. The largest absolute Gasteiger partial charge is 0.433 e. The Morgan fingerprint density at radius 2 is 1.88 bits per heavy atom. The number of halogens is 3. The van der Waals surface area contributed by atoms with Crippen LogP contribution >= 0.6 is 0 Å². The highest BCUT2D eigenvalue weighted by molar-refractivity contribution is 5.98. The zero-order chi connectivity index (χ0) is 23.2. The molecule has 33 heavy (non-hydrogen) atoms. The molecule has 1 saturated heterocycles. The number of aromatic nitrogens is 3. The van der Waals surface area contributed by atoms with Crippen molar-refractivity contribution in [2.24, 2.45) is 0 Å². The van der Waals surface area contributed by atoms with Crippen molar-refractivity contribution in [2.75, 3.05) is 13.1 Å². The Bertz CT molecular complexity index is 1340. The van der Waals surface area contributed by atoms with Crippen LogP contribution in [0.5, 0.6) is 0 Å². The average Bonchev–Trinajstić information content (AvgIpc) is 3.23. The van der Waals surface area contributed by atoms with E-state index in [9.17, 15) is 18.0 Å². The summed E-state index contributed by atoms with van der Waals surface area (Å²) in [6.07, 6.45) is -1.52. The predicted molar refractivity (Wildman–Crippen MR) is 120 cm³/mol. The van der Waals surface area contributed by atoms with Gasteiger partial charge in [-0.3, -0.25) is 9.69 Å². The van der Waals surface area contributed by atoms with Crippen molar-refractivity contribution in [1.29, 1.82) is 0 Å². The van der Waals surface area contributed by atoms with E-state index in [2.05, 4.69) is 21.9 Å². The number of hydrogen-bond acceptors (Lipinski definition) is 4. The van der Waals surface area contributed by atoms with Crippen LogP contribution in [0.25, 0.3) is 27.7 Å². The third-order valence-electron chi connectivity index (χ3n) is 6.36. The summed E-state index contributed by atoms with van der Waals surface area (Å²) in [5, 5.41) is 5.74. The van der Waals surface area contributed by atoms with E-state index < -0.39 is 11.9 Å². The quantitative estimate of drug-likeness (QED) is 0.377. The summed E-state index contributed by atoms with van der Waals surface area (Å²) in [4.78, 5) is 19.4. The summed E-state index contributed by atoms with van der Waals surface area (Å²) >= 11 is 0. The molecule has 0 N–H and O–H groups in total. The molecule has 0 radical (unpaired) electrons. The fraction of sp³-hybridized carbons (Fsp3) is 0.320. The van der Waals surface area contributed by atoms with Gasteiger partial charge in [0.05, 0.1) is 12.2 Å². The maximum absolute atomic E-state index is 14.0. The minimum absolute atomic E-state index is 0.000781. The second-order valence-electron chi connectivity index (χ2n) is 8.59. The first-order chi connectivity index (χ1) is 15.8. The number of carbonyl (C=O) groups excluding carboxylic acids is 1. The number of Topliss-reactive ketones (excluding diaryl/α,β-unsaturated/α-hetero) is 1. The van der Waals surface area contributed by atoms with Gasteiger partial charge in [-0.15, -0.1) is 0 Å². The standard InChI is InChI=1S/C25H23F3N4O/c1-16-7-4-5-12-31(16)15-22(33)21-14-24-29-20(13-23(25(26,27)28)32(24)30-21)19-11-6-9-17-8-2-3-10-18(17)19/h2-3,6,8-11,13-14,16H,4-5,7,12,15H2,1H3. The van der Waals surface area contributed by atoms with E-state index >= 15 is 0 Å². The van der Waals surface area contributed by atoms with Crippen molar-refractivity contribution in [2.45, 2.75) is 38.4 Å². The molecule has 0 amide bonds. The number of hydrogen-bond donors (Lipinski definition) is 0. The summed E-state index contributed by atoms with van der Waals surface area (Å²) in [6.45, 7) is 3.01. The van der Waals surface area contributed by atoms with Crippen LogP contribution in [0.1, 0.15) is 42.4 Å². The number of ketones is 1. The van der Waals surface area contributed by atoms with E-state index in [1.54, 1.807) is 12.1 Å². The van der Waals surface area contributed by atoms with Crippen LogP contribution < -0.4 is 0 Å². The van der Waals surface area contributed by atoms with Crippen molar-refractivity contribution in [3.05, 3.63) is 66.0 Å². The smallest absolute Gasteiger partial charge is 0.293 e. The van der Waals surface area contributed by atoms with Gasteiger partial charge >= 0.3 is 6.18 Å². The van der Waals surface area contributed by atoms with Crippen molar-refractivity contribution in [1.82, 2.24) is 19.5 Å². The zero-order valence-corrected chi connectivity index (χ0v) is 18.1. The Hall–Kier alpha value is -3.26. The molecule has 1 atom stereocenters.